The van der Waals surface area contributed by atoms with Gasteiger partial charge in [0, 0.05) is 17.1 Å². The zero-order valence-electron chi connectivity index (χ0n) is 13.4. The number of hydrogen-bond acceptors (Lipinski definition) is 3. The largest absolute Gasteiger partial charge is 0.378 e. The smallest absolute Gasteiger partial charge is 0.253 e. The molecule has 126 valence electrons. The average molecular weight is 337 g/mol. The number of nitrogens with zero attached hydrogens (tertiary/aromatic N) is 1. The van der Waals surface area contributed by atoms with Gasteiger partial charge in [0.1, 0.15) is 0 Å². The van der Waals surface area contributed by atoms with Crippen molar-refractivity contribution in [3.8, 4) is 0 Å². The van der Waals surface area contributed by atoms with Gasteiger partial charge in [0.2, 0.25) is 0 Å². The summed E-state index contributed by atoms with van der Waals surface area (Å²) >= 11 is 5.85. The summed E-state index contributed by atoms with van der Waals surface area (Å²) in [5.41, 5.74) is 0.680. The van der Waals surface area contributed by atoms with Gasteiger partial charge in [0.25, 0.3) is 5.91 Å². The number of halogens is 1. The molecule has 5 heteroatoms. The Morgan fingerprint density at radius 2 is 1.78 bits per heavy atom. The first-order valence-electron chi connectivity index (χ1n) is 8.57. The lowest BCUT2D eigenvalue weighted by Crippen LogP contribution is -2.53. The van der Waals surface area contributed by atoms with Gasteiger partial charge in [0.15, 0.2) is 6.10 Å². The summed E-state index contributed by atoms with van der Waals surface area (Å²) in [4.78, 5) is 14.9. The van der Waals surface area contributed by atoms with E-state index < -0.39 is 6.10 Å². The van der Waals surface area contributed by atoms with E-state index in [1.807, 2.05) is 0 Å². The molecule has 0 radical (unpaired) electrons. The summed E-state index contributed by atoms with van der Waals surface area (Å²) in [7, 11) is 0. The van der Waals surface area contributed by atoms with Gasteiger partial charge in [-0.25, -0.2) is 0 Å². The number of hydrogen-bond donors (Lipinski definition) is 2. The van der Waals surface area contributed by atoms with Gasteiger partial charge in [0.05, 0.1) is 0 Å². The molecule has 1 aliphatic heterocycles. The standard InChI is InChI=1S/C18H25ClN2O2/c19-15-7-5-14(6-8-15)16(22)17(23)20-13-18(9-1-2-10-18)21-11-3-4-12-21/h5-8,16,22H,1-4,9-13H2,(H,20,23). The van der Waals surface area contributed by atoms with E-state index in [9.17, 15) is 9.90 Å². The van der Waals surface area contributed by atoms with Crippen molar-refractivity contribution in [2.24, 2.45) is 0 Å². The minimum atomic E-state index is -1.13. The molecule has 1 unspecified atom stereocenters. The van der Waals surface area contributed by atoms with Crippen molar-refractivity contribution in [1.29, 1.82) is 0 Å². The maximum atomic E-state index is 12.3. The fraction of sp³-hybridized carbons (Fsp3) is 0.611. The van der Waals surface area contributed by atoms with Crippen molar-refractivity contribution in [1.82, 2.24) is 10.2 Å². The second kappa shape index (κ2) is 7.20. The SMILES string of the molecule is O=C(NCC1(N2CCCC2)CCCC1)C(O)c1ccc(Cl)cc1. The highest BCUT2D eigenvalue weighted by Gasteiger charge is 2.40. The molecule has 0 bridgehead atoms. The van der Waals surface area contributed by atoms with Crippen molar-refractivity contribution in [2.75, 3.05) is 19.6 Å². The summed E-state index contributed by atoms with van der Waals surface area (Å²) in [5.74, 6) is -0.321. The van der Waals surface area contributed by atoms with Crippen LogP contribution < -0.4 is 5.32 Å². The fourth-order valence-electron chi connectivity index (χ4n) is 3.97. The summed E-state index contributed by atoms with van der Waals surface area (Å²) in [6.07, 6.45) is 6.11. The molecule has 1 aliphatic carbocycles. The predicted molar refractivity (Wildman–Crippen MR) is 91.4 cm³/mol. The number of benzene rings is 1. The van der Waals surface area contributed by atoms with E-state index in [4.69, 9.17) is 11.6 Å². The Hall–Kier alpha value is -1.10. The van der Waals surface area contributed by atoms with Gasteiger partial charge < -0.3 is 10.4 Å². The third-order valence-electron chi connectivity index (χ3n) is 5.34. The van der Waals surface area contributed by atoms with Gasteiger partial charge in [-0.15, -0.1) is 0 Å². The van der Waals surface area contributed by atoms with Gasteiger partial charge in [-0.05, 0) is 56.5 Å². The summed E-state index contributed by atoms with van der Waals surface area (Å²) in [6.45, 7) is 2.90. The Bertz CT molecular complexity index is 534. The van der Waals surface area contributed by atoms with E-state index in [0.29, 0.717) is 17.1 Å². The van der Waals surface area contributed by atoms with Crippen LogP contribution in [0.2, 0.25) is 5.02 Å². The Labute approximate surface area is 142 Å². The fourth-order valence-corrected chi connectivity index (χ4v) is 4.10. The number of aliphatic hydroxyl groups is 1. The molecule has 2 N–H and O–H groups in total. The van der Waals surface area contributed by atoms with Crippen molar-refractivity contribution in [3.63, 3.8) is 0 Å². The molecular formula is C18H25ClN2O2. The summed E-state index contributed by atoms with van der Waals surface area (Å²) in [5, 5.41) is 13.8. The van der Waals surface area contributed by atoms with Crippen LogP contribution in [0.15, 0.2) is 24.3 Å². The lowest BCUT2D eigenvalue weighted by Gasteiger charge is -2.39. The van der Waals surface area contributed by atoms with Crippen molar-refractivity contribution < 1.29 is 9.90 Å². The quantitative estimate of drug-likeness (QED) is 0.869. The highest BCUT2D eigenvalue weighted by molar-refractivity contribution is 6.30. The average Bonchev–Trinajstić information content (AvgIpc) is 3.24. The monoisotopic (exact) mass is 336 g/mol. The first-order chi connectivity index (χ1) is 11.1. The number of amides is 1. The number of likely N-dealkylation sites (tertiary alicyclic amines) is 1. The maximum absolute atomic E-state index is 12.3. The van der Waals surface area contributed by atoms with E-state index >= 15 is 0 Å². The Morgan fingerprint density at radius 3 is 2.39 bits per heavy atom. The molecule has 1 saturated heterocycles. The first-order valence-corrected chi connectivity index (χ1v) is 8.95. The van der Waals surface area contributed by atoms with Crippen LogP contribution >= 0.6 is 11.6 Å². The van der Waals surface area contributed by atoms with E-state index in [1.165, 1.54) is 25.7 Å². The maximum Gasteiger partial charge on any atom is 0.253 e. The Balaban J connectivity index is 1.61. The lowest BCUT2D eigenvalue weighted by atomic mass is 9.95. The molecule has 2 fully saturated rings. The molecule has 0 spiro atoms. The number of rotatable bonds is 5. The number of nitrogens with one attached hydrogen (secondary N) is 1. The Kier molecular flexibility index (Phi) is 5.24. The van der Waals surface area contributed by atoms with Crippen molar-refractivity contribution in [3.05, 3.63) is 34.9 Å². The molecule has 1 amide bonds. The highest BCUT2D eigenvalue weighted by Crippen LogP contribution is 2.37. The lowest BCUT2D eigenvalue weighted by molar-refractivity contribution is -0.130. The molecule has 4 nitrogen and oxygen atoms in total. The summed E-state index contributed by atoms with van der Waals surface area (Å²) in [6, 6.07) is 6.77. The number of carbonyl (C=O) groups is 1. The van der Waals surface area contributed by atoms with Crippen LogP contribution in [0.5, 0.6) is 0 Å². The second-order valence-electron chi connectivity index (χ2n) is 6.80. The van der Waals surface area contributed by atoms with Crippen LogP contribution in [0.25, 0.3) is 0 Å². The third kappa shape index (κ3) is 3.70. The molecule has 3 rings (SSSR count). The van der Waals surface area contributed by atoms with Gasteiger partial charge in [-0.3, -0.25) is 9.69 Å². The van der Waals surface area contributed by atoms with E-state index in [1.54, 1.807) is 24.3 Å². The van der Waals surface area contributed by atoms with Crippen molar-refractivity contribution >= 4 is 17.5 Å². The third-order valence-corrected chi connectivity index (χ3v) is 5.59. The normalized spacial score (nSPS) is 22.2. The molecule has 2 aliphatic rings. The highest BCUT2D eigenvalue weighted by atomic mass is 35.5. The minimum absolute atomic E-state index is 0.103. The number of carbonyl (C=O) groups excluding carboxylic acids is 1. The Morgan fingerprint density at radius 1 is 1.17 bits per heavy atom. The van der Waals surface area contributed by atoms with Gasteiger partial charge >= 0.3 is 0 Å². The van der Waals surface area contributed by atoms with Crippen LogP contribution in [0, 0.1) is 0 Å². The molecule has 23 heavy (non-hydrogen) atoms. The van der Waals surface area contributed by atoms with Crippen LogP contribution in [-0.2, 0) is 4.79 Å². The van der Waals surface area contributed by atoms with Crippen LogP contribution in [-0.4, -0.2) is 41.1 Å². The molecule has 1 atom stereocenters. The first kappa shape index (κ1) is 16.7. The molecule has 1 saturated carbocycles. The number of aliphatic hydroxyl groups excluding tert-OH is 1. The second-order valence-corrected chi connectivity index (χ2v) is 7.23. The van der Waals surface area contributed by atoms with Crippen molar-refractivity contribution in [2.45, 2.75) is 50.2 Å². The van der Waals surface area contributed by atoms with Gasteiger partial charge in [-0.1, -0.05) is 36.6 Å². The molecule has 0 aromatic heterocycles. The zero-order chi connectivity index (χ0) is 16.3. The zero-order valence-corrected chi connectivity index (χ0v) is 14.2. The predicted octanol–water partition coefficient (Wildman–Crippen LogP) is 2.90. The molecule has 1 aromatic carbocycles. The summed E-state index contributed by atoms with van der Waals surface area (Å²) < 4.78 is 0. The minimum Gasteiger partial charge on any atom is -0.378 e. The van der Waals surface area contributed by atoms with E-state index in [0.717, 1.165) is 25.9 Å². The van der Waals surface area contributed by atoms with Gasteiger partial charge in [-0.2, -0.15) is 0 Å². The molecular weight excluding hydrogens is 312 g/mol. The topological polar surface area (TPSA) is 52.6 Å². The molecule has 1 heterocycles. The van der Waals surface area contributed by atoms with E-state index in [2.05, 4.69) is 10.2 Å². The van der Waals surface area contributed by atoms with E-state index in [-0.39, 0.29) is 11.4 Å². The van der Waals surface area contributed by atoms with Crippen LogP contribution in [0.1, 0.15) is 50.2 Å². The molecule has 1 aromatic rings. The van der Waals surface area contributed by atoms with Crippen LogP contribution in [0.3, 0.4) is 0 Å². The van der Waals surface area contributed by atoms with Crippen LogP contribution in [0.4, 0.5) is 0 Å².